The van der Waals surface area contributed by atoms with Crippen LogP contribution in [0.25, 0.3) is 10.8 Å². The van der Waals surface area contributed by atoms with E-state index < -0.39 is 0 Å². The zero-order chi connectivity index (χ0) is 18.2. The highest BCUT2D eigenvalue weighted by Gasteiger charge is 2.48. The van der Waals surface area contributed by atoms with Crippen LogP contribution in [0.5, 0.6) is 5.75 Å². The molecule has 3 rings (SSSR count). The first-order valence-electron chi connectivity index (χ1n) is 9.24. The van der Waals surface area contributed by atoms with Crippen LogP contribution in [0.15, 0.2) is 36.4 Å². The molecule has 2 aromatic rings. The Hall–Kier alpha value is -1.87. The Morgan fingerprint density at radius 1 is 1.12 bits per heavy atom. The molecule has 1 fully saturated rings. The molecule has 25 heavy (non-hydrogen) atoms. The Bertz CT molecular complexity index is 792. The van der Waals surface area contributed by atoms with Gasteiger partial charge in [-0.05, 0) is 69.0 Å². The third kappa shape index (κ3) is 3.87. The van der Waals surface area contributed by atoms with E-state index in [1.807, 2.05) is 18.2 Å². The van der Waals surface area contributed by atoms with Crippen LogP contribution in [0.2, 0.25) is 0 Å². The van der Waals surface area contributed by atoms with Crippen LogP contribution in [-0.2, 0) is 11.2 Å². The van der Waals surface area contributed by atoms with Crippen LogP contribution in [0.1, 0.15) is 53.0 Å². The molecule has 0 aromatic heterocycles. The van der Waals surface area contributed by atoms with Gasteiger partial charge in [0.15, 0.2) is 0 Å². The minimum absolute atomic E-state index is 0.0494. The first-order chi connectivity index (χ1) is 11.7. The molecule has 3 heteroatoms. The van der Waals surface area contributed by atoms with Crippen molar-refractivity contribution < 1.29 is 9.53 Å². The summed E-state index contributed by atoms with van der Waals surface area (Å²) in [5.41, 5.74) is 1.04. The summed E-state index contributed by atoms with van der Waals surface area (Å²) in [5, 5.41) is 5.83. The summed E-state index contributed by atoms with van der Waals surface area (Å²) in [6.07, 6.45) is 3.02. The molecule has 0 amide bonds. The molecule has 1 atom stereocenters. The van der Waals surface area contributed by atoms with Gasteiger partial charge in [0.25, 0.3) is 0 Å². The Kier molecular flexibility index (Phi) is 4.63. The molecule has 2 aromatic carbocycles. The highest BCUT2D eigenvalue weighted by Crippen LogP contribution is 2.37. The zero-order valence-corrected chi connectivity index (χ0v) is 16.0. The Labute approximate surface area is 150 Å². The Morgan fingerprint density at radius 3 is 2.44 bits per heavy atom. The van der Waals surface area contributed by atoms with E-state index in [4.69, 9.17) is 4.74 Å². The molecule has 1 aliphatic heterocycles. The average molecular weight is 339 g/mol. The lowest BCUT2D eigenvalue weighted by Crippen LogP contribution is -2.47. The van der Waals surface area contributed by atoms with Crippen LogP contribution in [0, 0.1) is 5.92 Å². The Balaban J connectivity index is 1.78. The number of fused-ring (bicyclic) bond motifs is 1. The van der Waals surface area contributed by atoms with Gasteiger partial charge >= 0.3 is 5.97 Å². The van der Waals surface area contributed by atoms with Crippen molar-refractivity contribution in [1.29, 1.82) is 0 Å². The number of aryl methyl sites for hydroxylation is 1. The van der Waals surface area contributed by atoms with E-state index in [1.54, 1.807) is 0 Å². The van der Waals surface area contributed by atoms with Crippen LogP contribution in [0.4, 0.5) is 0 Å². The maximum atomic E-state index is 12.7. The second-order valence-corrected chi connectivity index (χ2v) is 8.50. The van der Waals surface area contributed by atoms with Crippen molar-refractivity contribution in [2.75, 3.05) is 0 Å². The van der Waals surface area contributed by atoms with Gasteiger partial charge in [0.1, 0.15) is 5.75 Å². The maximum Gasteiger partial charge on any atom is 0.316 e. The van der Waals surface area contributed by atoms with Crippen molar-refractivity contribution in [3.63, 3.8) is 0 Å². The molecule has 0 aliphatic carbocycles. The van der Waals surface area contributed by atoms with Gasteiger partial charge in [-0.2, -0.15) is 0 Å². The second-order valence-electron chi connectivity index (χ2n) is 8.50. The van der Waals surface area contributed by atoms with Crippen LogP contribution in [0.3, 0.4) is 0 Å². The molecule has 1 aliphatic rings. The number of carbonyl (C=O) groups is 1. The Morgan fingerprint density at radius 2 is 1.80 bits per heavy atom. The second kappa shape index (κ2) is 6.45. The van der Waals surface area contributed by atoms with E-state index >= 15 is 0 Å². The maximum absolute atomic E-state index is 12.7. The summed E-state index contributed by atoms with van der Waals surface area (Å²) in [7, 11) is 0. The van der Waals surface area contributed by atoms with E-state index in [2.05, 4.69) is 58.1 Å². The zero-order valence-electron chi connectivity index (χ0n) is 16.0. The van der Waals surface area contributed by atoms with Gasteiger partial charge in [-0.3, -0.25) is 4.79 Å². The van der Waals surface area contributed by atoms with E-state index in [0.717, 1.165) is 24.6 Å². The molecule has 1 heterocycles. The summed E-state index contributed by atoms with van der Waals surface area (Å²) in [6, 6.07) is 12.4. The highest BCUT2D eigenvalue weighted by atomic mass is 16.5. The fourth-order valence-corrected chi connectivity index (χ4v) is 4.12. The predicted molar refractivity (Wildman–Crippen MR) is 103 cm³/mol. The van der Waals surface area contributed by atoms with Crippen molar-refractivity contribution in [3.8, 4) is 5.75 Å². The van der Waals surface area contributed by atoms with Crippen molar-refractivity contribution in [2.24, 2.45) is 5.92 Å². The van der Waals surface area contributed by atoms with Gasteiger partial charge in [0, 0.05) is 11.1 Å². The summed E-state index contributed by atoms with van der Waals surface area (Å²) in [4.78, 5) is 12.7. The molecule has 0 bridgehead atoms. The van der Waals surface area contributed by atoms with Crippen molar-refractivity contribution in [3.05, 3.63) is 42.0 Å². The third-order valence-electron chi connectivity index (χ3n) is 5.16. The molecular formula is C22H29NO2. The standard InChI is InChI=1S/C22H29NO2/c1-6-7-15-8-9-17-13-18(11-10-16(17)12-15)25-20(24)19-14-21(2,3)23-22(19,4)5/h8-13,19,23H,6-7,14H2,1-5H3. The normalized spacial score (nSPS) is 21.4. The minimum Gasteiger partial charge on any atom is -0.426 e. The van der Waals surface area contributed by atoms with Crippen molar-refractivity contribution in [2.45, 2.75) is 65.0 Å². The average Bonchev–Trinajstić information content (AvgIpc) is 2.75. The molecule has 0 saturated carbocycles. The molecule has 0 spiro atoms. The fraction of sp³-hybridized carbons (Fsp3) is 0.500. The van der Waals surface area contributed by atoms with Gasteiger partial charge < -0.3 is 10.1 Å². The van der Waals surface area contributed by atoms with Gasteiger partial charge in [0.2, 0.25) is 0 Å². The lowest BCUT2D eigenvalue weighted by Gasteiger charge is -2.27. The number of carbonyl (C=O) groups excluding carboxylic acids is 1. The highest BCUT2D eigenvalue weighted by molar-refractivity contribution is 5.86. The fourth-order valence-electron chi connectivity index (χ4n) is 4.12. The topological polar surface area (TPSA) is 38.3 Å². The molecule has 0 radical (unpaired) electrons. The van der Waals surface area contributed by atoms with E-state index in [-0.39, 0.29) is 23.0 Å². The number of hydrogen-bond donors (Lipinski definition) is 1. The molecule has 1 saturated heterocycles. The smallest absolute Gasteiger partial charge is 0.316 e. The number of rotatable bonds is 4. The molecule has 1 unspecified atom stereocenters. The largest absolute Gasteiger partial charge is 0.426 e. The third-order valence-corrected chi connectivity index (χ3v) is 5.16. The number of ether oxygens (including phenoxy) is 1. The minimum atomic E-state index is -0.257. The van der Waals surface area contributed by atoms with Crippen molar-refractivity contribution in [1.82, 2.24) is 5.32 Å². The molecule has 134 valence electrons. The monoisotopic (exact) mass is 339 g/mol. The number of nitrogens with one attached hydrogen (secondary N) is 1. The summed E-state index contributed by atoms with van der Waals surface area (Å²) >= 11 is 0. The SMILES string of the molecule is CCCc1ccc2cc(OC(=O)C3CC(C)(C)NC3(C)C)ccc2c1. The summed E-state index contributed by atoms with van der Waals surface area (Å²) in [6.45, 7) is 10.6. The number of benzene rings is 2. The number of esters is 1. The van der Waals surface area contributed by atoms with Crippen molar-refractivity contribution >= 4 is 16.7 Å². The summed E-state index contributed by atoms with van der Waals surface area (Å²) < 4.78 is 5.73. The quantitative estimate of drug-likeness (QED) is 0.638. The van der Waals surface area contributed by atoms with Crippen LogP contribution < -0.4 is 10.1 Å². The molecule has 1 N–H and O–H groups in total. The van der Waals surface area contributed by atoms with Gasteiger partial charge in [-0.1, -0.05) is 37.6 Å². The van der Waals surface area contributed by atoms with Crippen LogP contribution in [-0.4, -0.2) is 17.0 Å². The van der Waals surface area contributed by atoms with E-state index in [0.29, 0.717) is 5.75 Å². The van der Waals surface area contributed by atoms with Gasteiger partial charge in [-0.15, -0.1) is 0 Å². The van der Waals surface area contributed by atoms with E-state index in [9.17, 15) is 4.79 Å². The van der Waals surface area contributed by atoms with Crippen LogP contribution >= 0.6 is 0 Å². The van der Waals surface area contributed by atoms with Gasteiger partial charge in [0.05, 0.1) is 5.92 Å². The molecule has 3 nitrogen and oxygen atoms in total. The number of hydrogen-bond acceptors (Lipinski definition) is 3. The predicted octanol–water partition coefficient (Wildman–Crippen LogP) is 4.86. The molecular weight excluding hydrogens is 310 g/mol. The lowest BCUT2D eigenvalue weighted by atomic mass is 9.87. The first-order valence-corrected chi connectivity index (χ1v) is 9.24. The van der Waals surface area contributed by atoms with Gasteiger partial charge in [-0.25, -0.2) is 0 Å². The summed E-state index contributed by atoms with van der Waals surface area (Å²) in [5.74, 6) is 0.330. The first kappa shape index (κ1) is 17.9. The van der Waals surface area contributed by atoms with E-state index in [1.165, 1.54) is 10.9 Å². The lowest BCUT2D eigenvalue weighted by molar-refractivity contribution is -0.140.